The standard InChI is InChI=1S/C22H22ClN3O3S/c1-14(2)28-11-5-10-26-21(27)16-9-8-15(23)12-18(16)25-22(26)30-13-20-24-17-6-3-4-7-19(17)29-20/h3-4,6-9,12,14H,5,10-11,13H2,1-2H3. The molecule has 0 unspecified atom stereocenters. The molecule has 0 spiro atoms. The number of hydrogen-bond donors (Lipinski definition) is 0. The lowest BCUT2D eigenvalue weighted by molar-refractivity contribution is 0.0743. The Hall–Kier alpha value is -2.35. The lowest BCUT2D eigenvalue weighted by atomic mass is 10.2. The van der Waals surface area contributed by atoms with Gasteiger partial charge in [-0.15, -0.1) is 0 Å². The van der Waals surface area contributed by atoms with Crippen molar-refractivity contribution in [3.05, 3.63) is 63.7 Å². The maximum absolute atomic E-state index is 13.1. The van der Waals surface area contributed by atoms with E-state index in [2.05, 4.69) is 4.98 Å². The highest BCUT2D eigenvalue weighted by molar-refractivity contribution is 7.98. The first-order valence-electron chi connectivity index (χ1n) is 9.80. The fraction of sp³-hybridized carbons (Fsp3) is 0.318. The molecule has 0 atom stereocenters. The van der Waals surface area contributed by atoms with Crippen LogP contribution in [-0.2, 0) is 17.0 Å². The van der Waals surface area contributed by atoms with Gasteiger partial charge in [0.2, 0.25) is 5.89 Å². The summed E-state index contributed by atoms with van der Waals surface area (Å²) in [6.07, 6.45) is 0.876. The number of rotatable bonds is 8. The van der Waals surface area contributed by atoms with Crippen molar-refractivity contribution in [2.24, 2.45) is 0 Å². The van der Waals surface area contributed by atoms with Crippen molar-refractivity contribution < 1.29 is 9.15 Å². The summed E-state index contributed by atoms with van der Waals surface area (Å²) in [5.41, 5.74) is 2.06. The summed E-state index contributed by atoms with van der Waals surface area (Å²) in [6, 6.07) is 12.8. The minimum Gasteiger partial charge on any atom is -0.440 e. The number of nitrogens with zero attached hydrogens (tertiary/aromatic N) is 3. The Balaban J connectivity index is 1.62. The van der Waals surface area contributed by atoms with Crippen molar-refractivity contribution in [1.29, 1.82) is 0 Å². The monoisotopic (exact) mass is 443 g/mol. The van der Waals surface area contributed by atoms with E-state index in [0.29, 0.717) is 45.9 Å². The highest BCUT2D eigenvalue weighted by Gasteiger charge is 2.14. The van der Waals surface area contributed by atoms with E-state index >= 15 is 0 Å². The van der Waals surface area contributed by atoms with E-state index in [4.69, 9.17) is 25.7 Å². The van der Waals surface area contributed by atoms with Gasteiger partial charge in [0, 0.05) is 18.2 Å². The van der Waals surface area contributed by atoms with Crippen LogP contribution < -0.4 is 5.56 Å². The zero-order valence-corrected chi connectivity index (χ0v) is 18.4. The van der Waals surface area contributed by atoms with E-state index in [1.54, 1.807) is 22.8 Å². The first-order valence-corrected chi connectivity index (χ1v) is 11.2. The maximum Gasteiger partial charge on any atom is 0.262 e. The fourth-order valence-electron chi connectivity index (χ4n) is 3.13. The molecule has 0 saturated carbocycles. The van der Waals surface area contributed by atoms with E-state index in [1.807, 2.05) is 38.1 Å². The van der Waals surface area contributed by atoms with E-state index < -0.39 is 0 Å². The van der Waals surface area contributed by atoms with Gasteiger partial charge in [-0.2, -0.15) is 0 Å². The molecular formula is C22H22ClN3O3S. The number of thioether (sulfide) groups is 1. The van der Waals surface area contributed by atoms with Crippen LogP contribution in [0, 0.1) is 0 Å². The van der Waals surface area contributed by atoms with Crippen LogP contribution in [0.2, 0.25) is 5.02 Å². The summed E-state index contributed by atoms with van der Waals surface area (Å²) in [5.74, 6) is 1.06. The van der Waals surface area contributed by atoms with Gasteiger partial charge in [-0.05, 0) is 50.6 Å². The summed E-state index contributed by atoms with van der Waals surface area (Å²) in [5, 5.41) is 1.71. The molecule has 0 aliphatic carbocycles. The van der Waals surface area contributed by atoms with Gasteiger partial charge in [-0.3, -0.25) is 9.36 Å². The van der Waals surface area contributed by atoms with Crippen LogP contribution in [0.5, 0.6) is 0 Å². The second-order valence-electron chi connectivity index (χ2n) is 7.15. The smallest absolute Gasteiger partial charge is 0.262 e. The number of fused-ring (bicyclic) bond motifs is 2. The van der Waals surface area contributed by atoms with Gasteiger partial charge >= 0.3 is 0 Å². The Morgan fingerprint density at radius 1 is 1.17 bits per heavy atom. The molecule has 4 aromatic rings. The van der Waals surface area contributed by atoms with Gasteiger partial charge in [0.25, 0.3) is 5.56 Å². The van der Waals surface area contributed by atoms with Crippen molar-refractivity contribution in [1.82, 2.24) is 14.5 Å². The first-order chi connectivity index (χ1) is 14.5. The lowest BCUT2D eigenvalue weighted by Crippen LogP contribution is -2.24. The highest BCUT2D eigenvalue weighted by Crippen LogP contribution is 2.25. The molecule has 156 valence electrons. The first kappa shape index (κ1) is 20.9. The number of aromatic nitrogens is 3. The molecule has 0 saturated heterocycles. The fourth-order valence-corrected chi connectivity index (χ4v) is 4.17. The average Bonchev–Trinajstić information content (AvgIpc) is 3.13. The second kappa shape index (κ2) is 9.20. The van der Waals surface area contributed by atoms with Crippen molar-refractivity contribution in [3.8, 4) is 0 Å². The van der Waals surface area contributed by atoms with Crippen molar-refractivity contribution >= 4 is 45.4 Å². The highest BCUT2D eigenvalue weighted by atomic mass is 35.5. The number of hydrogen-bond acceptors (Lipinski definition) is 6. The molecule has 0 aliphatic rings. The largest absolute Gasteiger partial charge is 0.440 e. The van der Waals surface area contributed by atoms with Crippen LogP contribution in [0.15, 0.2) is 56.8 Å². The molecule has 6 nitrogen and oxygen atoms in total. The van der Waals surface area contributed by atoms with Gasteiger partial charge in [-0.1, -0.05) is 35.5 Å². The van der Waals surface area contributed by atoms with Gasteiger partial charge in [0.05, 0.1) is 22.8 Å². The number of benzene rings is 2. The molecule has 2 aromatic carbocycles. The minimum absolute atomic E-state index is 0.0821. The SMILES string of the molecule is CC(C)OCCCn1c(SCc2nc3ccccc3o2)nc2cc(Cl)ccc2c1=O. The number of halogens is 1. The van der Waals surface area contributed by atoms with E-state index in [9.17, 15) is 4.79 Å². The third-order valence-electron chi connectivity index (χ3n) is 4.52. The Labute approximate surface area is 183 Å². The topological polar surface area (TPSA) is 70.2 Å². The summed E-state index contributed by atoms with van der Waals surface area (Å²) in [6.45, 7) is 5.09. The van der Waals surface area contributed by atoms with Crippen LogP contribution in [0.25, 0.3) is 22.0 Å². The molecular weight excluding hydrogens is 422 g/mol. The molecule has 0 fully saturated rings. The molecule has 8 heteroatoms. The molecule has 2 heterocycles. The van der Waals surface area contributed by atoms with Crippen molar-refractivity contribution in [2.75, 3.05) is 6.61 Å². The van der Waals surface area contributed by atoms with E-state index in [-0.39, 0.29) is 11.7 Å². The van der Waals surface area contributed by atoms with Gasteiger partial charge in [0.15, 0.2) is 10.7 Å². The Morgan fingerprint density at radius 2 is 2.00 bits per heavy atom. The third kappa shape index (κ3) is 4.69. The molecule has 2 aromatic heterocycles. The Bertz CT molecular complexity index is 1200. The Kier molecular flexibility index (Phi) is 6.41. The van der Waals surface area contributed by atoms with Crippen LogP contribution in [0.4, 0.5) is 0 Å². The summed E-state index contributed by atoms with van der Waals surface area (Å²) in [4.78, 5) is 22.3. The van der Waals surface area contributed by atoms with Crippen LogP contribution in [-0.4, -0.2) is 27.2 Å². The molecule has 0 radical (unpaired) electrons. The number of ether oxygens (including phenoxy) is 1. The van der Waals surface area contributed by atoms with E-state index in [0.717, 1.165) is 17.5 Å². The van der Waals surface area contributed by atoms with Crippen molar-refractivity contribution in [3.63, 3.8) is 0 Å². The quantitative estimate of drug-likeness (QED) is 0.209. The third-order valence-corrected chi connectivity index (χ3v) is 5.72. The predicted octanol–water partition coefficient (Wildman–Crippen LogP) is 5.30. The van der Waals surface area contributed by atoms with Crippen LogP contribution >= 0.6 is 23.4 Å². The molecule has 0 aliphatic heterocycles. The number of oxazole rings is 1. The van der Waals surface area contributed by atoms with Crippen LogP contribution in [0.1, 0.15) is 26.2 Å². The van der Waals surface area contributed by atoms with Gasteiger partial charge < -0.3 is 9.15 Å². The van der Waals surface area contributed by atoms with Gasteiger partial charge in [-0.25, -0.2) is 9.97 Å². The zero-order valence-electron chi connectivity index (χ0n) is 16.8. The average molecular weight is 444 g/mol. The molecule has 4 rings (SSSR count). The van der Waals surface area contributed by atoms with E-state index in [1.165, 1.54) is 11.8 Å². The zero-order chi connectivity index (χ0) is 21.1. The normalized spacial score (nSPS) is 11.7. The van der Waals surface area contributed by atoms with Gasteiger partial charge in [0.1, 0.15) is 5.52 Å². The summed E-state index contributed by atoms with van der Waals surface area (Å²) >= 11 is 7.54. The summed E-state index contributed by atoms with van der Waals surface area (Å²) < 4.78 is 13.1. The predicted molar refractivity (Wildman–Crippen MR) is 120 cm³/mol. The molecule has 0 amide bonds. The molecule has 30 heavy (non-hydrogen) atoms. The summed E-state index contributed by atoms with van der Waals surface area (Å²) in [7, 11) is 0. The maximum atomic E-state index is 13.1. The van der Waals surface area contributed by atoms with Crippen molar-refractivity contribution in [2.45, 2.75) is 43.8 Å². The number of para-hydroxylation sites is 2. The minimum atomic E-state index is -0.0821. The second-order valence-corrected chi connectivity index (χ2v) is 8.53. The van der Waals surface area contributed by atoms with Crippen LogP contribution in [0.3, 0.4) is 0 Å². The molecule has 0 N–H and O–H groups in total. The lowest BCUT2D eigenvalue weighted by Gasteiger charge is -2.13. The molecule has 0 bridgehead atoms. The Morgan fingerprint density at radius 3 is 2.80 bits per heavy atom.